The number of alkyl halides is 1. The van der Waals surface area contributed by atoms with E-state index in [2.05, 4.69) is 11.4 Å². The van der Waals surface area contributed by atoms with Crippen molar-refractivity contribution in [2.45, 2.75) is 19.3 Å². The Morgan fingerprint density at radius 1 is 1.29 bits per heavy atom. The van der Waals surface area contributed by atoms with Gasteiger partial charge in [-0.3, -0.25) is 0 Å². The smallest absolute Gasteiger partial charge is 0.122 e. The van der Waals surface area contributed by atoms with E-state index in [1.165, 1.54) is 0 Å². The van der Waals surface area contributed by atoms with Crippen LogP contribution in [0.4, 0.5) is 0 Å². The minimum absolute atomic E-state index is 0.139. The largest absolute Gasteiger partial charge is 0.496 e. The molecule has 78 valence electrons. The van der Waals surface area contributed by atoms with Crippen molar-refractivity contribution in [3.63, 3.8) is 0 Å². The summed E-state index contributed by atoms with van der Waals surface area (Å²) >= 11 is 6.11. The molecule has 1 aromatic rings. The third kappa shape index (κ3) is 2.20. The highest BCUT2D eigenvalue weighted by atomic mass is 35.5. The van der Waals surface area contributed by atoms with Gasteiger partial charge >= 0.3 is 0 Å². The Balaban J connectivity index is 3.14. The number of hydrogen-bond donors (Lipinski definition) is 1. The summed E-state index contributed by atoms with van der Waals surface area (Å²) in [6.45, 7) is 4.05. The quantitative estimate of drug-likeness (QED) is 0.616. The molecule has 0 radical (unpaired) electrons. The molecule has 0 aromatic heterocycles. The van der Waals surface area contributed by atoms with E-state index in [-0.39, 0.29) is 5.50 Å². The molecule has 14 heavy (non-hydrogen) atoms. The van der Waals surface area contributed by atoms with Gasteiger partial charge in [0.2, 0.25) is 0 Å². The summed E-state index contributed by atoms with van der Waals surface area (Å²) in [5, 5.41) is 3.01. The summed E-state index contributed by atoms with van der Waals surface area (Å²) in [5.41, 5.74) is 3.21. The van der Waals surface area contributed by atoms with Gasteiger partial charge in [0.05, 0.1) is 7.11 Å². The molecule has 1 aromatic carbocycles. The van der Waals surface area contributed by atoms with E-state index in [0.29, 0.717) is 0 Å². The summed E-state index contributed by atoms with van der Waals surface area (Å²) in [7, 11) is 3.52. The molecule has 1 rings (SSSR count). The third-order valence-electron chi connectivity index (χ3n) is 2.31. The predicted molar refractivity (Wildman–Crippen MR) is 60.1 cm³/mol. The second-order valence-corrected chi connectivity index (χ2v) is 3.77. The van der Waals surface area contributed by atoms with Gasteiger partial charge in [0.1, 0.15) is 11.3 Å². The number of rotatable bonds is 3. The van der Waals surface area contributed by atoms with Gasteiger partial charge in [0.25, 0.3) is 0 Å². The second-order valence-electron chi connectivity index (χ2n) is 3.33. The van der Waals surface area contributed by atoms with Gasteiger partial charge in [0.15, 0.2) is 0 Å². The standard InChI is InChI=1S/C11H16ClNO/c1-7-6-10(14-4)8(2)5-9(7)11(12)13-3/h5-6,11,13H,1-4H3. The zero-order valence-corrected chi connectivity index (χ0v) is 9.77. The van der Waals surface area contributed by atoms with Crippen molar-refractivity contribution >= 4 is 11.6 Å². The van der Waals surface area contributed by atoms with Crippen LogP contribution in [0.15, 0.2) is 12.1 Å². The first-order valence-corrected chi connectivity index (χ1v) is 5.00. The first-order chi connectivity index (χ1) is 6.60. The molecule has 0 saturated heterocycles. The van der Waals surface area contributed by atoms with E-state index < -0.39 is 0 Å². The van der Waals surface area contributed by atoms with Crippen LogP contribution in [0, 0.1) is 13.8 Å². The lowest BCUT2D eigenvalue weighted by Crippen LogP contribution is -2.11. The van der Waals surface area contributed by atoms with E-state index in [9.17, 15) is 0 Å². The summed E-state index contributed by atoms with van der Waals surface area (Å²) in [5.74, 6) is 0.909. The van der Waals surface area contributed by atoms with Crippen LogP contribution in [-0.4, -0.2) is 14.2 Å². The molecular formula is C11H16ClNO. The first-order valence-electron chi connectivity index (χ1n) is 4.56. The fourth-order valence-corrected chi connectivity index (χ4v) is 1.70. The first kappa shape index (κ1) is 11.3. The molecule has 0 bridgehead atoms. The monoisotopic (exact) mass is 213 g/mol. The summed E-state index contributed by atoms with van der Waals surface area (Å²) < 4.78 is 5.23. The van der Waals surface area contributed by atoms with Crippen molar-refractivity contribution in [1.29, 1.82) is 0 Å². The van der Waals surface area contributed by atoms with E-state index in [4.69, 9.17) is 16.3 Å². The Kier molecular flexibility index (Phi) is 3.78. The van der Waals surface area contributed by atoms with Crippen LogP contribution in [0.25, 0.3) is 0 Å². The van der Waals surface area contributed by atoms with Gasteiger partial charge in [-0.2, -0.15) is 0 Å². The minimum Gasteiger partial charge on any atom is -0.496 e. The number of methoxy groups -OCH3 is 1. The van der Waals surface area contributed by atoms with Crippen LogP contribution in [0.3, 0.4) is 0 Å². The molecule has 0 fully saturated rings. The van der Waals surface area contributed by atoms with E-state index in [1.54, 1.807) is 7.11 Å². The maximum Gasteiger partial charge on any atom is 0.122 e. The lowest BCUT2D eigenvalue weighted by molar-refractivity contribution is 0.411. The number of nitrogens with one attached hydrogen (secondary N) is 1. The predicted octanol–water partition coefficient (Wildman–Crippen LogP) is 2.77. The fourth-order valence-electron chi connectivity index (χ4n) is 1.46. The Morgan fingerprint density at radius 3 is 2.43 bits per heavy atom. The molecule has 1 unspecified atom stereocenters. The van der Waals surface area contributed by atoms with E-state index >= 15 is 0 Å². The van der Waals surface area contributed by atoms with Crippen molar-refractivity contribution in [3.8, 4) is 5.75 Å². The number of hydrogen-bond acceptors (Lipinski definition) is 2. The lowest BCUT2D eigenvalue weighted by Gasteiger charge is -2.14. The molecule has 0 aliphatic heterocycles. The number of ether oxygens (including phenoxy) is 1. The normalized spacial score (nSPS) is 12.6. The van der Waals surface area contributed by atoms with Gasteiger partial charge in [-0.1, -0.05) is 0 Å². The van der Waals surface area contributed by atoms with Gasteiger partial charge in [-0.15, -0.1) is 11.6 Å². The van der Waals surface area contributed by atoms with Crippen LogP contribution in [0.5, 0.6) is 5.75 Å². The Hall–Kier alpha value is -0.730. The summed E-state index contributed by atoms with van der Waals surface area (Å²) in [6.07, 6.45) is 0. The number of benzene rings is 1. The average Bonchev–Trinajstić information content (AvgIpc) is 2.19. The Bertz CT molecular complexity index is 325. The zero-order valence-electron chi connectivity index (χ0n) is 9.02. The molecule has 0 aliphatic carbocycles. The second kappa shape index (κ2) is 4.67. The summed E-state index contributed by atoms with van der Waals surface area (Å²) in [6, 6.07) is 4.07. The molecule has 0 spiro atoms. The topological polar surface area (TPSA) is 21.3 Å². The van der Waals surface area contributed by atoms with Crippen molar-refractivity contribution in [2.75, 3.05) is 14.2 Å². The van der Waals surface area contributed by atoms with Crippen molar-refractivity contribution in [1.82, 2.24) is 5.32 Å². The highest BCUT2D eigenvalue weighted by molar-refractivity contribution is 6.20. The van der Waals surface area contributed by atoms with Crippen molar-refractivity contribution < 1.29 is 4.74 Å². The molecule has 1 atom stereocenters. The molecule has 0 amide bonds. The van der Waals surface area contributed by atoms with Crippen LogP contribution in [-0.2, 0) is 0 Å². The molecular weight excluding hydrogens is 198 g/mol. The zero-order chi connectivity index (χ0) is 10.7. The van der Waals surface area contributed by atoms with E-state index in [0.717, 1.165) is 22.4 Å². The highest BCUT2D eigenvalue weighted by Crippen LogP contribution is 2.27. The van der Waals surface area contributed by atoms with Crippen LogP contribution < -0.4 is 10.1 Å². The number of halogens is 1. The van der Waals surface area contributed by atoms with Crippen molar-refractivity contribution in [3.05, 3.63) is 28.8 Å². The molecule has 0 heterocycles. The van der Waals surface area contributed by atoms with Crippen LogP contribution in [0.1, 0.15) is 22.2 Å². The van der Waals surface area contributed by atoms with Gasteiger partial charge in [-0.05, 0) is 49.7 Å². The fraction of sp³-hybridized carbons (Fsp3) is 0.455. The van der Waals surface area contributed by atoms with Crippen molar-refractivity contribution in [2.24, 2.45) is 0 Å². The lowest BCUT2D eigenvalue weighted by atomic mass is 10.0. The molecule has 0 saturated carbocycles. The Labute approximate surface area is 90.2 Å². The minimum atomic E-state index is -0.139. The van der Waals surface area contributed by atoms with E-state index in [1.807, 2.05) is 27.0 Å². The SMILES string of the molecule is CNC(Cl)c1cc(C)c(OC)cc1C. The van der Waals surface area contributed by atoms with Gasteiger partial charge in [-0.25, -0.2) is 0 Å². The Morgan fingerprint density at radius 2 is 1.93 bits per heavy atom. The third-order valence-corrected chi connectivity index (χ3v) is 2.76. The maximum absolute atomic E-state index is 6.11. The average molecular weight is 214 g/mol. The molecule has 2 nitrogen and oxygen atoms in total. The maximum atomic E-state index is 6.11. The molecule has 0 aliphatic rings. The molecule has 1 N–H and O–H groups in total. The van der Waals surface area contributed by atoms with Crippen LogP contribution in [0.2, 0.25) is 0 Å². The van der Waals surface area contributed by atoms with Gasteiger partial charge in [0, 0.05) is 0 Å². The van der Waals surface area contributed by atoms with Gasteiger partial charge < -0.3 is 10.1 Å². The molecule has 3 heteroatoms. The van der Waals surface area contributed by atoms with Crippen LogP contribution >= 0.6 is 11.6 Å². The highest BCUT2D eigenvalue weighted by Gasteiger charge is 2.10. The number of aryl methyl sites for hydroxylation is 2. The summed E-state index contributed by atoms with van der Waals surface area (Å²) in [4.78, 5) is 0.